The molecule has 1 N–H and O–H groups in total. The largest absolute Gasteiger partial charge is 0.458 e. The van der Waals surface area contributed by atoms with Gasteiger partial charge in [0.2, 0.25) is 5.78 Å². The average molecular weight is 489 g/mol. The van der Waals surface area contributed by atoms with Crippen LogP contribution in [0.25, 0.3) is 0 Å². The SMILES string of the molecule is COCCC(=O)O[C@]1(C(=O)COC(C)=O)CC[C@H]2[C@@H]3CCC4=CC(=O)C=C[C@]4(C)[C@H]3[C@@H](O)C[C@@]21C. The number of ketones is 2. The van der Waals surface area contributed by atoms with Crippen molar-refractivity contribution in [2.24, 2.45) is 28.6 Å². The number of esters is 2. The smallest absolute Gasteiger partial charge is 0.309 e. The quantitative estimate of drug-likeness (QED) is 0.544. The number of allylic oxidation sites excluding steroid dienone is 4. The van der Waals surface area contributed by atoms with E-state index in [1.165, 1.54) is 14.0 Å². The van der Waals surface area contributed by atoms with Crippen LogP contribution in [0.3, 0.4) is 0 Å². The van der Waals surface area contributed by atoms with Crippen LogP contribution in [0.2, 0.25) is 0 Å². The van der Waals surface area contributed by atoms with Crippen molar-refractivity contribution in [2.45, 2.75) is 71.0 Å². The minimum absolute atomic E-state index is 0.000498. The van der Waals surface area contributed by atoms with Gasteiger partial charge in [-0.2, -0.15) is 0 Å². The second-order valence-electron chi connectivity index (χ2n) is 11.0. The number of rotatable bonds is 7. The monoisotopic (exact) mass is 488 g/mol. The maximum Gasteiger partial charge on any atom is 0.309 e. The van der Waals surface area contributed by atoms with E-state index in [9.17, 15) is 24.3 Å². The third-order valence-electron chi connectivity index (χ3n) is 9.27. The van der Waals surface area contributed by atoms with E-state index in [4.69, 9.17) is 14.2 Å². The van der Waals surface area contributed by atoms with E-state index in [0.29, 0.717) is 12.8 Å². The molecule has 0 amide bonds. The summed E-state index contributed by atoms with van der Waals surface area (Å²) in [5, 5.41) is 11.6. The van der Waals surface area contributed by atoms with Crippen molar-refractivity contribution in [1.29, 1.82) is 0 Å². The number of carbonyl (C=O) groups excluding carboxylic acids is 4. The lowest BCUT2D eigenvalue weighted by Crippen LogP contribution is -2.63. The molecule has 0 aromatic carbocycles. The van der Waals surface area contributed by atoms with Crippen LogP contribution in [0.4, 0.5) is 0 Å². The van der Waals surface area contributed by atoms with Crippen molar-refractivity contribution in [3.63, 3.8) is 0 Å². The molecule has 192 valence electrons. The van der Waals surface area contributed by atoms with Gasteiger partial charge in [0.15, 0.2) is 18.0 Å². The molecule has 0 heterocycles. The Morgan fingerprint density at radius 3 is 2.63 bits per heavy atom. The highest BCUT2D eigenvalue weighted by Crippen LogP contribution is 2.67. The lowest BCUT2D eigenvalue weighted by molar-refractivity contribution is -0.201. The number of aliphatic hydroxyl groups excluding tert-OH is 1. The average Bonchev–Trinajstić information content (AvgIpc) is 3.08. The maximum atomic E-state index is 13.6. The number of hydrogen-bond acceptors (Lipinski definition) is 8. The van der Waals surface area contributed by atoms with Crippen LogP contribution in [-0.2, 0) is 33.4 Å². The molecule has 0 aromatic heterocycles. The fourth-order valence-corrected chi connectivity index (χ4v) is 7.71. The number of ether oxygens (including phenoxy) is 3. The number of methoxy groups -OCH3 is 1. The van der Waals surface area contributed by atoms with Crippen molar-refractivity contribution in [1.82, 2.24) is 0 Å². The zero-order valence-corrected chi connectivity index (χ0v) is 21.0. The van der Waals surface area contributed by atoms with Gasteiger partial charge in [0, 0.05) is 30.8 Å². The lowest BCUT2D eigenvalue weighted by Gasteiger charge is -2.59. The third kappa shape index (κ3) is 4.08. The Morgan fingerprint density at radius 2 is 1.94 bits per heavy atom. The van der Waals surface area contributed by atoms with Gasteiger partial charge in [0.1, 0.15) is 0 Å². The van der Waals surface area contributed by atoms with Crippen LogP contribution in [0.5, 0.6) is 0 Å². The van der Waals surface area contributed by atoms with E-state index >= 15 is 0 Å². The second kappa shape index (κ2) is 9.28. The Labute approximate surface area is 206 Å². The summed E-state index contributed by atoms with van der Waals surface area (Å²) < 4.78 is 16.1. The van der Waals surface area contributed by atoms with E-state index in [2.05, 4.69) is 6.92 Å². The zero-order chi connectivity index (χ0) is 25.6. The predicted octanol–water partition coefficient (Wildman–Crippen LogP) is 2.72. The summed E-state index contributed by atoms with van der Waals surface area (Å²) in [5.41, 5.74) is -1.69. The Morgan fingerprint density at radius 1 is 1.20 bits per heavy atom. The van der Waals surface area contributed by atoms with Crippen molar-refractivity contribution in [2.75, 3.05) is 20.3 Å². The number of carbonyl (C=O) groups is 4. The summed E-state index contributed by atoms with van der Waals surface area (Å²) in [6.07, 6.45) is 7.25. The van der Waals surface area contributed by atoms with E-state index in [-0.39, 0.29) is 43.0 Å². The lowest BCUT2D eigenvalue weighted by atomic mass is 9.46. The van der Waals surface area contributed by atoms with Crippen molar-refractivity contribution in [3.05, 3.63) is 23.8 Å². The topological polar surface area (TPSA) is 116 Å². The van der Waals surface area contributed by atoms with E-state index in [1.807, 2.05) is 13.0 Å². The van der Waals surface area contributed by atoms with Crippen molar-refractivity contribution in [3.8, 4) is 0 Å². The fourth-order valence-electron chi connectivity index (χ4n) is 7.71. The summed E-state index contributed by atoms with van der Waals surface area (Å²) in [5.74, 6) is -1.59. The molecule has 0 radical (unpaired) electrons. The molecule has 0 aliphatic heterocycles. The van der Waals surface area contributed by atoms with Gasteiger partial charge in [-0.05, 0) is 56.1 Å². The number of Topliss-reactive ketones (excluding diaryl/α,β-unsaturated/α-hetero) is 1. The van der Waals surface area contributed by atoms with Gasteiger partial charge in [-0.1, -0.05) is 25.5 Å². The molecule has 0 spiro atoms. The van der Waals surface area contributed by atoms with Gasteiger partial charge in [-0.3, -0.25) is 19.2 Å². The molecule has 0 unspecified atom stereocenters. The standard InChI is InChI=1S/C27H36O8/c1-16(28)34-15-22(31)27(35-23(32)9-12-33-4)11-8-20-19-6-5-17-13-18(29)7-10-25(17,2)24(19)21(30)14-26(20,27)3/h7,10,13,19-21,24,30H,5-6,8-9,11-12,14-15H2,1-4H3/t19-,20-,21-,24+,25-,26-,27-/m0/s1. The molecular formula is C27H36O8. The molecule has 8 nitrogen and oxygen atoms in total. The number of aliphatic hydroxyl groups is 1. The second-order valence-corrected chi connectivity index (χ2v) is 11.0. The van der Waals surface area contributed by atoms with Gasteiger partial charge in [-0.15, -0.1) is 0 Å². The molecule has 3 saturated carbocycles. The van der Waals surface area contributed by atoms with Crippen LogP contribution in [0.1, 0.15) is 59.3 Å². The predicted molar refractivity (Wildman–Crippen MR) is 125 cm³/mol. The summed E-state index contributed by atoms with van der Waals surface area (Å²) in [6, 6.07) is 0. The van der Waals surface area contributed by atoms with E-state index in [1.54, 1.807) is 12.2 Å². The highest BCUT2D eigenvalue weighted by Gasteiger charge is 2.70. The molecule has 4 rings (SSSR count). The number of hydrogen-bond donors (Lipinski definition) is 1. The van der Waals surface area contributed by atoms with Gasteiger partial charge >= 0.3 is 11.9 Å². The molecular weight excluding hydrogens is 452 g/mol. The molecule has 4 aliphatic rings. The first-order chi connectivity index (χ1) is 16.5. The van der Waals surface area contributed by atoms with Crippen molar-refractivity contribution >= 4 is 23.5 Å². The van der Waals surface area contributed by atoms with Crippen LogP contribution < -0.4 is 0 Å². The Hall–Kier alpha value is -2.32. The normalized spacial score (nSPS) is 39.7. The van der Waals surface area contributed by atoms with Gasteiger partial charge in [0.05, 0.1) is 19.1 Å². The molecule has 7 atom stereocenters. The number of fused-ring (bicyclic) bond motifs is 5. The molecule has 0 saturated heterocycles. The Balaban J connectivity index is 1.70. The Bertz CT molecular complexity index is 982. The van der Waals surface area contributed by atoms with Gasteiger partial charge < -0.3 is 19.3 Å². The van der Waals surface area contributed by atoms with Gasteiger partial charge in [0.25, 0.3) is 0 Å². The van der Waals surface area contributed by atoms with Crippen LogP contribution in [0.15, 0.2) is 23.8 Å². The molecule has 3 fully saturated rings. The Kier molecular flexibility index (Phi) is 6.83. The highest BCUT2D eigenvalue weighted by molar-refractivity contribution is 6.01. The first-order valence-corrected chi connectivity index (χ1v) is 12.5. The molecule has 0 bridgehead atoms. The van der Waals surface area contributed by atoms with Crippen molar-refractivity contribution < 1.29 is 38.5 Å². The van der Waals surface area contributed by atoms with E-state index in [0.717, 1.165) is 18.4 Å². The fraction of sp³-hybridized carbons (Fsp3) is 0.704. The minimum Gasteiger partial charge on any atom is -0.458 e. The highest BCUT2D eigenvalue weighted by atomic mass is 16.6. The van der Waals surface area contributed by atoms with Crippen LogP contribution in [-0.4, -0.2) is 60.6 Å². The first-order valence-electron chi connectivity index (χ1n) is 12.5. The zero-order valence-electron chi connectivity index (χ0n) is 21.0. The first kappa shape index (κ1) is 25.8. The van der Waals surface area contributed by atoms with Gasteiger partial charge in [-0.25, -0.2) is 0 Å². The summed E-state index contributed by atoms with van der Waals surface area (Å²) >= 11 is 0. The summed E-state index contributed by atoms with van der Waals surface area (Å²) in [6.45, 7) is 4.94. The molecule has 0 aromatic rings. The molecule has 8 heteroatoms. The summed E-state index contributed by atoms with van der Waals surface area (Å²) in [4.78, 5) is 49.9. The summed E-state index contributed by atoms with van der Waals surface area (Å²) in [7, 11) is 1.49. The van der Waals surface area contributed by atoms with E-state index < -0.39 is 46.9 Å². The molecule has 4 aliphatic carbocycles. The van der Waals surface area contributed by atoms with Crippen LogP contribution >= 0.6 is 0 Å². The maximum absolute atomic E-state index is 13.6. The van der Waals surface area contributed by atoms with Crippen LogP contribution in [0, 0.1) is 28.6 Å². The third-order valence-corrected chi connectivity index (χ3v) is 9.27. The minimum atomic E-state index is -1.49. The molecule has 35 heavy (non-hydrogen) atoms.